The van der Waals surface area contributed by atoms with E-state index in [-0.39, 0.29) is 24.4 Å². The number of hydrogen-bond acceptors (Lipinski definition) is 5. The molecule has 1 saturated heterocycles. The molecule has 1 fully saturated rings. The van der Waals surface area contributed by atoms with Gasteiger partial charge in [-0.05, 0) is 32.1 Å². The van der Waals surface area contributed by atoms with Crippen LogP contribution < -0.4 is 5.56 Å². The number of hydrogen-bond donors (Lipinski definition) is 0. The Morgan fingerprint density at radius 3 is 2.75 bits per heavy atom. The van der Waals surface area contributed by atoms with Crippen LogP contribution in [-0.4, -0.2) is 63.9 Å². The fraction of sp³-hybridized carbons (Fsp3) is 0.529. The number of amides is 1. The van der Waals surface area contributed by atoms with Crippen molar-refractivity contribution < 1.29 is 4.79 Å². The molecular weight excluding hydrogens is 306 g/mol. The van der Waals surface area contributed by atoms with Gasteiger partial charge < -0.3 is 9.80 Å². The zero-order valence-corrected chi connectivity index (χ0v) is 14.3. The quantitative estimate of drug-likeness (QED) is 0.821. The Morgan fingerprint density at radius 1 is 1.29 bits per heavy atom. The SMILES string of the molecule is C[C@H]1CN(C(=O)CCn2nnc3ccccc3c2=O)C[C@H]1N(C)C. The summed E-state index contributed by atoms with van der Waals surface area (Å²) < 4.78 is 1.28. The first-order valence-corrected chi connectivity index (χ1v) is 8.24. The van der Waals surface area contributed by atoms with Crippen LogP contribution in [0.3, 0.4) is 0 Å². The Hall–Kier alpha value is -2.28. The molecule has 0 N–H and O–H groups in total. The Balaban J connectivity index is 1.67. The maximum absolute atomic E-state index is 12.5. The average molecular weight is 329 g/mol. The van der Waals surface area contributed by atoms with Gasteiger partial charge in [-0.2, -0.15) is 0 Å². The minimum Gasteiger partial charge on any atom is -0.341 e. The Labute approximate surface area is 140 Å². The van der Waals surface area contributed by atoms with Crippen molar-refractivity contribution in [3.8, 4) is 0 Å². The lowest BCUT2D eigenvalue weighted by atomic mass is 10.1. The molecule has 0 spiro atoms. The van der Waals surface area contributed by atoms with Crippen molar-refractivity contribution in [2.24, 2.45) is 5.92 Å². The molecule has 2 atom stereocenters. The van der Waals surface area contributed by atoms with Crippen LogP contribution in [0.4, 0.5) is 0 Å². The highest BCUT2D eigenvalue weighted by atomic mass is 16.2. The van der Waals surface area contributed by atoms with Gasteiger partial charge in [0.25, 0.3) is 5.56 Å². The molecule has 24 heavy (non-hydrogen) atoms. The predicted molar refractivity (Wildman–Crippen MR) is 91.6 cm³/mol. The molecule has 0 radical (unpaired) electrons. The van der Waals surface area contributed by atoms with Crippen molar-refractivity contribution in [3.05, 3.63) is 34.6 Å². The van der Waals surface area contributed by atoms with Gasteiger partial charge in [0.1, 0.15) is 5.52 Å². The second-order valence-electron chi connectivity index (χ2n) is 6.69. The number of aryl methyl sites for hydroxylation is 1. The van der Waals surface area contributed by atoms with Crippen molar-refractivity contribution in [2.75, 3.05) is 27.2 Å². The lowest BCUT2D eigenvalue weighted by molar-refractivity contribution is -0.130. The number of carbonyl (C=O) groups is 1. The monoisotopic (exact) mass is 329 g/mol. The van der Waals surface area contributed by atoms with Gasteiger partial charge >= 0.3 is 0 Å². The second-order valence-corrected chi connectivity index (χ2v) is 6.69. The van der Waals surface area contributed by atoms with Crippen LogP contribution >= 0.6 is 0 Å². The highest BCUT2D eigenvalue weighted by Gasteiger charge is 2.33. The third-order valence-corrected chi connectivity index (χ3v) is 4.76. The molecule has 128 valence electrons. The molecular formula is C17H23N5O2. The number of aromatic nitrogens is 3. The van der Waals surface area contributed by atoms with E-state index in [2.05, 4.69) is 22.1 Å². The van der Waals surface area contributed by atoms with E-state index in [9.17, 15) is 9.59 Å². The second kappa shape index (κ2) is 6.68. The number of carbonyl (C=O) groups excluding carboxylic acids is 1. The summed E-state index contributed by atoms with van der Waals surface area (Å²) in [5.41, 5.74) is 0.377. The van der Waals surface area contributed by atoms with Crippen LogP contribution in [0, 0.1) is 5.92 Å². The van der Waals surface area contributed by atoms with E-state index in [1.807, 2.05) is 25.1 Å². The number of benzene rings is 1. The van der Waals surface area contributed by atoms with E-state index in [1.165, 1.54) is 4.68 Å². The van der Waals surface area contributed by atoms with Crippen LogP contribution in [0.15, 0.2) is 29.1 Å². The summed E-state index contributed by atoms with van der Waals surface area (Å²) in [6.07, 6.45) is 0.264. The van der Waals surface area contributed by atoms with Crippen molar-refractivity contribution >= 4 is 16.8 Å². The van der Waals surface area contributed by atoms with Crippen molar-refractivity contribution in [2.45, 2.75) is 25.9 Å². The van der Waals surface area contributed by atoms with Crippen LogP contribution in [0.2, 0.25) is 0 Å². The van der Waals surface area contributed by atoms with E-state index in [1.54, 1.807) is 18.2 Å². The van der Waals surface area contributed by atoms with Crippen molar-refractivity contribution in [1.82, 2.24) is 24.8 Å². The molecule has 0 aliphatic carbocycles. The summed E-state index contributed by atoms with van der Waals surface area (Å²) in [6.45, 7) is 3.93. The fourth-order valence-corrected chi connectivity index (χ4v) is 3.35. The summed E-state index contributed by atoms with van der Waals surface area (Å²) in [5, 5.41) is 8.51. The molecule has 0 saturated carbocycles. The van der Waals surface area contributed by atoms with Gasteiger partial charge in [0.15, 0.2) is 0 Å². The minimum atomic E-state index is -0.200. The van der Waals surface area contributed by atoms with Gasteiger partial charge in [-0.3, -0.25) is 9.59 Å². The molecule has 7 heteroatoms. The lowest BCUT2D eigenvalue weighted by Gasteiger charge is -2.22. The Bertz CT molecular complexity index is 801. The Morgan fingerprint density at radius 2 is 2.04 bits per heavy atom. The molecule has 0 bridgehead atoms. The van der Waals surface area contributed by atoms with E-state index in [0.29, 0.717) is 22.9 Å². The number of likely N-dealkylation sites (N-methyl/N-ethyl adjacent to an activating group) is 1. The van der Waals surface area contributed by atoms with Crippen LogP contribution in [-0.2, 0) is 11.3 Å². The van der Waals surface area contributed by atoms with Gasteiger partial charge in [0.2, 0.25) is 5.91 Å². The summed E-state index contributed by atoms with van der Waals surface area (Å²) in [4.78, 5) is 28.9. The van der Waals surface area contributed by atoms with Gasteiger partial charge in [-0.15, -0.1) is 5.10 Å². The molecule has 0 unspecified atom stereocenters. The van der Waals surface area contributed by atoms with E-state index >= 15 is 0 Å². The highest BCUT2D eigenvalue weighted by Crippen LogP contribution is 2.20. The molecule has 2 aromatic rings. The van der Waals surface area contributed by atoms with Crippen LogP contribution in [0.5, 0.6) is 0 Å². The maximum atomic E-state index is 12.5. The fourth-order valence-electron chi connectivity index (χ4n) is 3.35. The number of rotatable bonds is 4. The number of likely N-dealkylation sites (tertiary alicyclic amines) is 1. The minimum absolute atomic E-state index is 0.0630. The third-order valence-electron chi connectivity index (χ3n) is 4.76. The van der Waals surface area contributed by atoms with Gasteiger partial charge in [0.05, 0.1) is 11.9 Å². The zero-order valence-electron chi connectivity index (χ0n) is 14.3. The largest absolute Gasteiger partial charge is 0.341 e. The first-order valence-electron chi connectivity index (χ1n) is 8.24. The third kappa shape index (κ3) is 3.17. The van der Waals surface area contributed by atoms with E-state index in [4.69, 9.17) is 0 Å². The predicted octanol–water partition coefficient (Wildman–Crippen LogP) is 0.590. The number of nitrogens with zero attached hydrogens (tertiary/aromatic N) is 5. The molecule has 1 amide bonds. The molecule has 2 heterocycles. The standard InChI is InChI=1S/C17H23N5O2/c1-12-10-21(11-15(12)20(2)3)16(23)8-9-22-17(24)13-6-4-5-7-14(13)18-19-22/h4-7,12,15H,8-11H2,1-3H3/t12-,15+/m0/s1. The zero-order chi connectivity index (χ0) is 17.3. The van der Waals surface area contributed by atoms with Crippen LogP contribution in [0.1, 0.15) is 13.3 Å². The maximum Gasteiger partial charge on any atom is 0.277 e. The molecule has 3 rings (SSSR count). The topological polar surface area (TPSA) is 71.3 Å². The smallest absolute Gasteiger partial charge is 0.277 e. The molecule has 1 aromatic heterocycles. The highest BCUT2D eigenvalue weighted by molar-refractivity contribution is 5.77. The summed E-state index contributed by atoms with van der Waals surface area (Å²) >= 11 is 0. The summed E-state index contributed by atoms with van der Waals surface area (Å²) in [5.74, 6) is 0.514. The molecule has 1 aliphatic heterocycles. The first kappa shape index (κ1) is 16.6. The van der Waals surface area contributed by atoms with Gasteiger partial charge in [-0.1, -0.05) is 24.3 Å². The van der Waals surface area contributed by atoms with Gasteiger partial charge in [0, 0.05) is 25.6 Å². The Kier molecular flexibility index (Phi) is 4.62. The average Bonchev–Trinajstić information content (AvgIpc) is 2.96. The molecule has 7 nitrogen and oxygen atoms in total. The number of fused-ring (bicyclic) bond motifs is 1. The normalized spacial score (nSPS) is 20.9. The summed E-state index contributed by atoms with van der Waals surface area (Å²) in [6, 6.07) is 7.49. The first-order chi connectivity index (χ1) is 11.5. The van der Waals surface area contributed by atoms with Crippen molar-refractivity contribution in [3.63, 3.8) is 0 Å². The molecule has 1 aromatic carbocycles. The molecule has 1 aliphatic rings. The van der Waals surface area contributed by atoms with E-state index < -0.39 is 0 Å². The van der Waals surface area contributed by atoms with Gasteiger partial charge in [-0.25, -0.2) is 4.68 Å². The van der Waals surface area contributed by atoms with E-state index in [0.717, 1.165) is 13.1 Å². The summed E-state index contributed by atoms with van der Waals surface area (Å²) in [7, 11) is 4.08. The van der Waals surface area contributed by atoms with Crippen LogP contribution in [0.25, 0.3) is 10.9 Å². The van der Waals surface area contributed by atoms with Crippen molar-refractivity contribution in [1.29, 1.82) is 0 Å². The lowest BCUT2D eigenvalue weighted by Crippen LogP contribution is -2.36.